The van der Waals surface area contributed by atoms with Gasteiger partial charge in [-0.25, -0.2) is 4.79 Å². The Morgan fingerprint density at radius 1 is 1.13 bits per heavy atom. The lowest BCUT2D eigenvalue weighted by Gasteiger charge is -2.35. The number of piperazine rings is 1. The number of nitrogens with zero attached hydrogens (tertiary/aromatic N) is 2. The highest BCUT2D eigenvalue weighted by Crippen LogP contribution is 2.39. The van der Waals surface area contributed by atoms with Crippen LogP contribution in [0, 0.1) is 11.8 Å². The highest BCUT2D eigenvalue weighted by atomic mass is 16.5. The second-order valence-corrected chi connectivity index (χ2v) is 6.26. The molecular weight excluding hydrogens is 294 g/mol. The van der Waals surface area contributed by atoms with Crippen molar-refractivity contribution >= 4 is 17.6 Å². The molecule has 1 heterocycles. The molecule has 6 nitrogen and oxygen atoms in total. The molecule has 2 atom stereocenters. The molecular formula is C17H23N3O3. The summed E-state index contributed by atoms with van der Waals surface area (Å²) in [5.74, 6) is 1.62. The Balaban J connectivity index is 1.53. The Labute approximate surface area is 136 Å². The molecule has 124 valence electrons. The van der Waals surface area contributed by atoms with E-state index in [1.54, 1.807) is 12.0 Å². The van der Waals surface area contributed by atoms with Crippen LogP contribution in [0.25, 0.3) is 0 Å². The summed E-state index contributed by atoms with van der Waals surface area (Å²) in [7, 11) is 1.58. The number of urea groups is 1. The molecule has 1 saturated carbocycles. The van der Waals surface area contributed by atoms with Gasteiger partial charge in [0.25, 0.3) is 0 Å². The van der Waals surface area contributed by atoms with Gasteiger partial charge < -0.3 is 19.9 Å². The summed E-state index contributed by atoms with van der Waals surface area (Å²) in [5.41, 5.74) is 0.658. The van der Waals surface area contributed by atoms with Gasteiger partial charge >= 0.3 is 6.03 Å². The van der Waals surface area contributed by atoms with E-state index in [-0.39, 0.29) is 17.9 Å². The van der Waals surface area contributed by atoms with Crippen molar-refractivity contribution in [1.82, 2.24) is 9.80 Å². The fourth-order valence-corrected chi connectivity index (χ4v) is 2.97. The molecule has 0 radical (unpaired) electrons. The number of hydrogen-bond donors (Lipinski definition) is 1. The molecule has 1 saturated heterocycles. The quantitative estimate of drug-likeness (QED) is 0.928. The molecule has 1 aromatic carbocycles. The number of para-hydroxylation sites is 2. The zero-order chi connectivity index (χ0) is 16.4. The van der Waals surface area contributed by atoms with Crippen molar-refractivity contribution in [3.8, 4) is 5.75 Å². The van der Waals surface area contributed by atoms with Crippen molar-refractivity contribution in [2.75, 3.05) is 38.6 Å². The maximum atomic E-state index is 12.4. The van der Waals surface area contributed by atoms with Crippen molar-refractivity contribution in [2.45, 2.75) is 13.3 Å². The second-order valence-electron chi connectivity index (χ2n) is 6.26. The number of hydrogen-bond acceptors (Lipinski definition) is 3. The molecule has 2 aliphatic rings. The van der Waals surface area contributed by atoms with Crippen molar-refractivity contribution in [2.24, 2.45) is 11.8 Å². The van der Waals surface area contributed by atoms with Crippen LogP contribution < -0.4 is 10.1 Å². The number of amides is 3. The Bertz CT molecular complexity index is 597. The van der Waals surface area contributed by atoms with Crippen LogP contribution in [-0.4, -0.2) is 55.0 Å². The second kappa shape index (κ2) is 6.48. The van der Waals surface area contributed by atoms with E-state index in [1.807, 2.05) is 29.2 Å². The summed E-state index contributed by atoms with van der Waals surface area (Å²) >= 11 is 0. The number of rotatable bonds is 3. The Hall–Kier alpha value is -2.24. The van der Waals surface area contributed by atoms with Gasteiger partial charge in [0.1, 0.15) is 5.75 Å². The van der Waals surface area contributed by atoms with E-state index in [0.717, 1.165) is 6.42 Å². The fraction of sp³-hybridized carbons (Fsp3) is 0.529. The number of methoxy groups -OCH3 is 1. The highest BCUT2D eigenvalue weighted by Gasteiger charge is 2.42. The lowest BCUT2D eigenvalue weighted by Crippen LogP contribution is -2.52. The van der Waals surface area contributed by atoms with E-state index < -0.39 is 0 Å². The number of benzene rings is 1. The first-order valence-corrected chi connectivity index (χ1v) is 8.08. The highest BCUT2D eigenvalue weighted by molar-refractivity contribution is 5.91. The minimum Gasteiger partial charge on any atom is -0.495 e. The topological polar surface area (TPSA) is 61.9 Å². The monoisotopic (exact) mass is 317 g/mol. The van der Waals surface area contributed by atoms with E-state index in [9.17, 15) is 9.59 Å². The summed E-state index contributed by atoms with van der Waals surface area (Å²) in [6, 6.07) is 7.18. The average Bonchev–Trinajstić information content (AvgIpc) is 3.31. The maximum Gasteiger partial charge on any atom is 0.322 e. The van der Waals surface area contributed by atoms with Gasteiger partial charge in [0.05, 0.1) is 12.8 Å². The normalized spacial score (nSPS) is 23.4. The molecule has 0 spiro atoms. The van der Waals surface area contributed by atoms with Gasteiger partial charge in [0.2, 0.25) is 5.91 Å². The lowest BCUT2D eigenvalue weighted by molar-refractivity contribution is -0.134. The summed E-state index contributed by atoms with van der Waals surface area (Å²) in [5, 5.41) is 2.88. The van der Waals surface area contributed by atoms with E-state index in [2.05, 4.69) is 12.2 Å². The maximum absolute atomic E-state index is 12.4. The zero-order valence-electron chi connectivity index (χ0n) is 13.6. The van der Waals surface area contributed by atoms with Gasteiger partial charge in [-0.2, -0.15) is 0 Å². The lowest BCUT2D eigenvalue weighted by atomic mass is 10.2. The first-order valence-electron chi connectivity index (χ1n) is 8.08. The Morgan fingerprint density at radius 2 is 1.74 bits per heavy atom. The number of anilines is 1. The predicted molar refractivity (Wildman–Crippen MR) is 87.4 cm³/mol. The smallest absolute Gasteiger partial charge is 0.322 e. The number of carbonyl (C=O) groups is 2. The van der Waals surface area contributed by atoms with Gasteiger partial charge in [-0.15, -0.1) is 0 Å². The van der Waals surface area contributed by atoms with Crippen molar-refractivity contribution < 1.29 is 14.3 Å². The van der Waals surface area contributed by atoms with Crippen molar-refractivity contribution in [3.05, 3.63) is 24.3 Å². The van der Waals surface area contributed by atoms with Crippen LogP contribution >= 0.6 is 0 Å². The molecule has 2 fully saturated rings. The largest absolute Gasteiger partial charge is 0.495 e. The third-order valence-electron chi connectivity index (χ3n) is 4.65. The number of carbonyl (C=O) groups excluding carboxylic acids is 2. The molecule has 23 heavy (non-hydrogen) atoms. The molecule has 3 rings (SSSR count). The Kier molecular flexibility index (Phi) is 4.41. The average molecular weight is 317 g/mol. The fourth-order valence-electron chi connectivity index (χ4n) is 2.97. The van der Waals surface area contributed by atoms with Crippen LogP contribution in [0.3, 0.4) is 0 Å². The molecule has 2 unspecified atom stereocenters. The first kappa shape index (κ1) is 15.6. The molecule has 3 amide bonds. The van der Waals surface area contributed by atoms with E-state index >= 15 is 0 Å². The molecule has 6 heteroatoms. The Morgan fingerprint density at radius 3 is 2.35 bits per heavy atom. The number of ether oxygens (including phenoxy) is 1. The standard InChI is InChI=1S/C17H23N3O3/c1-12-11-13(12)16(21)19-7-9-20(10-8-19)17(22)18-14-5-3-4-6-15(14)23-2/h3-6,12-13H,7-11H2,1-2H3,(H,18,22). The van der Waals surface area contributed by atoms with Gasteiger partial charge in [-0.3, -0.25) is 4.79 Å². The first-order chi connectivity index (χ1) is 11.1. The zero-order valence-corrected chi connectivity index (χ0v) is 13.6. The van der Waals surface area contributed by atoms with Crippen LogP contribution in [-0.2, 0) is 4.79 Å². The summed E-state index contributed by atoms with van der Waals surface area (Å²) < 4.78 is 5.24. The van der Waals surface area contributed by atoms with Gasteiger partial charge in [0, 0.05) is 32.1 Å². The molecule has 1 aliphatic heterocycles. The summed E-state index contributed by atoms with van der Waals surface area (Å²) in [4.78, 5) is 28.2. The minimum absolute atomic E-state index is 0.151. The molecule has 1 aliphatic carbocycles. The van der Waals surface area contributed by atoms with Crippen molar-refractivity contribution in [3.63, 3.8) is 0 Å². The van der Waals surface area contributed by atoms with Crippen LogP contribution in [0.1, 0.15) is 13.3 Å². The van der Waals surface area contributed by atoms with Crippen LogP contribution in [0.4, 0.5) is 10.5 Å². The van der Waals surface area contributed by atoms with Crippen LogP contribution in [0.2, 0.25) is 0 Å². The number of nitrogens with one attached hydrogen (secondary N) is 1. The minimum atomic E-state index is -0.151. The third-order valence-corrected chi connectivity index (χ3v) is 4.65. The van der Waals surface area contributed by atoms with Crippen LogP contribution in [0.5, 0.6) is 5.75 Å². The van der Waals surface area contributed by atoms with Crippen LogP contribution in [0.15, 0.2) is 24.3 Å². The molecule has 1 aromatic rings. The van der Waals surface area contributed by atoms with Gasteiger partial charge in [0.15, 0.2) is 0 Å². The summed E-state index contributed by atoms with van der Waals surface area (Å²) in [6.45, 7) is 4.46. The van der Waals surface area contributed by atoms with Crippen molar-refractivity contribution in [1.29, 1.82) is 0 Å². The molecule has 0 aromatic heterocycles. The van der Waals surface area contributed by atoms with E-state index in [0.29, 0.717) is 43.5 Å². The summed E-state index contributed by atoms with van der Waals surface area (Å²) in [6.07, 6.45) is 1.01. The van der Waals surface area contributed by atoms with Gasteiger partial charge in [-0.05, 0) is 24.5 Å². The third kappa shape index (κ3) is 3.41. The van der Waals surface area contributed by atoms with E-state index in [4.69, 9.17) is 4.74 Å². The van der Waals surface area contributed by atoms with E-state index in [1.165, 1.54) is 0 Å². The van der Waals surface area contributed by atoms with Gasteiger partial charge in [-0.1, -0.05) is 19.1 Å². The SMILES string of the molecule is COc1ccccc1NC(=O)N1CCN(C(=O)C2CC2C)CC1. The predicted octanol–water partition coefficient (Wildman–Crippen LogP) is 2.03. The molecule has 1 N–H and O–H groups in total. The molecule has 0 bridgehead atoms.